The van der Waals surface area contributed by atoms with Crippen molar-refractivity contribution in [1.82, 2.24) is 9.97 Å². The second-order valence-electron chi connectivity index (χ2n) is 5.61. The van der Waals surface area contributed by atoms with Crippen LogP contribution in [0.2, 0.25) is 0 Å². The van der Waals surface area contributed by atoms with E-state index in [0.29, 0.717) is 0 Å². The molecule has 1 aromatic carbocycles. The Morgan fingerprint density at radius 2 is 1.74 bits per heavy atom. The van der Waals surface area contributed by atoms with Gasteiger partial charge in [-0.05, 0) is 6.92 Å². The molecule has 0 aliphatic heterocycles. The molecule has 100 valence electrons. The quantitative estimate of drug-likeness (QED) is 0.904. The van der Waals surface area contributed by atoms with E-state index in [-0.39, 0.29) is 5.41 Å². The topological polar surface area (TPSA) is 37.8 Å². The molecule has 2 rings (SSSR count). The van der Waals surface area contributed by atoms with Crippen LogP contribution in [0.15, 0.2) is 36.4 Å². The van der Waals surface area contributed by atoms with Crippen LogP contribution in [0.3, 0.4) is 0 Å². The summed E-state index contributed by atoms with van der Waals surface area (Å²) in [4.78, 5) is 9.29. The molecule has 0 saturated heterocycles. The van der Waals surface area contributed by atoms with Crippen LogP contribution in [-0.2, 0) is 5.41 Å². The lowest BCUT2D eigenvalue weighted by Gasteiger charge is -2.19. The third kappa shape index (κ3) is 3.31. The Bertz CT molecular complexity index is 542. The van der Waals surface area contributed by atoms with E-state index in [9.17, 15) is 0 Å². The third-order valence-corrected chi connectivity index (χ3v) is 2.88. The van der Waals surface area contributed by atoms with Gasteiger partial charge in [0.15, 0.2) is 5.82 Å². The fourth-order valence-corrected chi connectivity index (χ4v) is 1.82. The predicted molar refractivity (Wildman–Crippen MR) is 80.3 cm³/mol. The molecule has 0 radical (unpaired) electrons. The zero-order valence-electron chi connectivity index (χ0n) is 12.1. The molecule has 1 heterocycles. The summed E-state index contributed by atoms with van der Waals surface area (Å²) in [7, 11) is 0. The first kappa shape index (κ1) is 13.5. The lowest BCUT2D eigenvalue weighted by molar-refractivity contribution is 0.568. The molecule has 0 amide bonds. The Kier molecular flexibility index (Phi) is 3.84. The van der Waals surface area contributed by atoms with E-state index in [4.69, 9.17) is 4.98 Å². The zero-order valence-corrected chi connectivity index (χ0v) is 12.1. The fourth-order valence-electron chi connectivity index (χ4n) is 1.82. The molecule has 2 aromatic rings. The molecule has 0 spiro atoms. The lowest BCUT2D eigenvalue weighted by atomic mass is 9.92. The summed E-state index contributed by atoms with van der Waals surface area (Å²) in [5, 5.41) is 3.28. The summed E-state index contributed by atoms with van der Waals surface area (Å²) >= 11 is 0. The van der Waals surface area contributed by atoms with Crippen molar-refractivity contribution in [3.05, 3.63) is 42.1 Å². The van der Waals surface area contributed by atoms with Gasteiger partial charge in [0.25, 0.3) is 0 Å². The highest BCUT2D eigenvalue weighted by atomic mass is 15.0. The molecule has 1 N–H and O–H groups in total. The molecule has 3 nitrogen and oxygen atoms in total. The van der Waals surface area contributed by atoms with Gasteiger partial charge in [-0.3, -0.25) is 0 Å². The molecule has 1 aromatic heterocycles. The number of aromatic nitrogens is 2. The standard InChI is InChI=1S/C16H21N3/c1-5-17-14-11-13(16(2,3)4)18-15(19-14)12-9-7-6-8-10-12/h6-11H,5H2,1-4H3,(H,17,18,19). The van der Waals surface area contributed by atoms with E-state index < -0.39 is 0 Å². The Balaban J connectivity index is 2.52. The summed E-state index contributed by atoms with van der Waals surface area (Å²) in [5.74, 6) is 1.67. The van der Waals surface area contributed by atoms with Crippen LogP contribution in [-0.4, -0.2) is 16.5 Å². The van der Waals surface area contributed by atoms with Crippen LogP contribution in [0.1, 0.15) is 33.4 Å². The van der Waals surface area contributed by atoms with Crippen LogP contribution in [0, 0.1) is 0 Å². The first-order valence-corrected chi connectivity index (χ1v) is 6.69. The zero-order chi connectivity index (χ0) is 13.9. The van der Waals surface area contributed by atoms with Crippen molar-refractivity contribution in [3.8, 4) is 11.4 Å². The Hall–Kier alpha value is -1.90. The normalized spacial score (nSPS) is 11.4. The lowest BCUT2D eigenvalue weighted by Crippen LogP contribution is -2.15. The molecule has 0 bridgehead atoms. The van der Waals surface area contributed by atoms with Gasteiger partial charge in [-0.1, -0.05) is 51.1 Å². The molecule has 0 unspecified atom stereocenters. The van der Waals surface area contributed by atoms with E-state index >= 15 is 0 Å². The van der Waals surface area contributed by atoms with E-state index in [1.807, 2.05) is 36.4 Å². The van der Waals surface area contributed by atoms with Crippen molar-refractivity contribution in [2.75, 3.05) is 11.9 Å². The van der Waals surface area contributed by atoms with Crippen molar-refractivity contribution in [1.29, 1.82) is 0 Å². The van der Waals surface area contributed by atoms with E-state index in [2.05, 4.69) is 38.0 Å². The van der Waals surface area contributed by atoms with E-state index in [1.54, 1.807) is 0 Å². The molecule has 0 saturated carbocycles. The van der Waals surface area contributed by atoms with Crippen LogP contribution >= 0.6 is 0 Å². The number of rotatable bonds is 3. The van der Waals surface area contributed by atoms with Gasteiger partial charge in [-0.25, -0.2) is 9.97 Å². The second kappa shape index (κ2) is 5.39. The number of benzene rings is 1. The van der Waals surface area contributed by atoms with Crippen molar-refractivity contribution < 1.29 is 0 Å². The Morgan fingerprint density at radius 1 is 1.05 bits per heavy atom. The largest absolute Gasteiger partial charge is 0.370 e. The average molecular weight is 255 g/mol. The molecule has 0 aliphatic rings. The fraction of sp³-hybridized carbons (Fsp3) is 0.375. The number of hydrogen-bond donors (Lipinski definition) is 1. The Morgan fingerprint density at radius 3 is 2.32 bits per heavy atom. The summed E-state index contributed by atoms with van der Waals surface area (Å²) in [6.07, 6.45) is 0. The minimum Gasteiger partial charge on any atom is -0.370 e. The highest BCUT2D eigenvalue weighted by molar-refractivity contribution is 5.57. The molecular formula is C16H21N3. The number of hydrogen-bond acceptors (Lipinski definition) is 3. The van der Waals surface area contributed by atoms with Gasteiger partial charge in [0.2, 0.25) is 0 Å². The maximum atomic E-state index is 4.71. The molecule has 19 heavy (non-hydrogen) atoms. The molecule has 0 fully saturated rings. The smallest absolute Gasteiger partial charge is 0.161 e. The highest BCUT2D eigenvalue weighted by Crippen LogP contribution is 2.25. The van der Waals surface area contributed by atoms with Gasteiger partial charge in [-0.2, -0.15) is 0 Å². The highest BCUT2D eigenvalue weighted by Gasteiger charge is 2.18. The maximum Gasteiger partial charge on any atom is 0.161 e. The molecule has 0 aliphatic carbocycles. The van der Waals surface area contributed by atoms with E-state index in [0.717, 1.165) is 29.4 Å². The van der Waals surface area contributed by atoms with Crippen LogP contribution in [0.4, 0.5) is 5.82 Å². The van der Waals surface area contributed by atoms with Crippen LogP contribution in [0.5, 0.6) is 0 Å². The monoisotopic (exact) mass is 255 g/mol. The number of anilines is 1. The molecule has 3 heteroatoms. The van der Waals surface area contributed by atoms with Gasteiger partial charge >= 0.3 is 0 Å². The number of nitrogens with one attached hydrogen (secondary N) is 1. The SMILES string of the molecule is CCNc1cc(C(C)(C)C)nc(-c2ccccc2)n1. The molecule has 0 atom stereocenters. The number of nitrogens with zero attached hydrogens (tertiary/aromatic N) is 2. The van der Waals surface area contributed by atoms with Gasteiger partial charge in [-0.15, -0.1) is 0 Å². The summed E-state index contributed by atoms with van der Waals surface area (Å²) in [6.45, 7) is 9.43. The first-order chi connectivity index (χ1) is 9.00. The van der Waals surface area contributed by atoms with Crippen LogP contribution < -0.4 is 5.32 Å². The van der Waals surface area contributed by atoms with Crippen molar-refractivity contribution >= 4 is 5.82 Å². The minimum absolute atomic E-state index is 0.0106. The van der Waals surface area contributed by atoms with Crippen molar-refractivity contribution in [2.24, 2.45) is 0 Å². The second-order valence-corrected chi connectivity index (χ2v) is 5.61. The van der Waals surface area contributed by atoms with E-state index in [1.165, 1.54) is 0 Å². The van der Waals surface area contributed by atoms with Gasteiger partial charge < -0.3 is 5.32 Å². The third-order valence-electron chi connectivity index (χ3n) is 2.88. The molecular weight excluding hydrogens is 234 g/mol. The van der Waals surface area contributed by atoms with Crippen molar-refractivity contribution in [3.63, 3.8) is 0 Å². The minimum atomic E-state index is 0.0106. The predicted octanol–water partition coefficient (Wildman–Crippen LogP) is 3.87. The van der Waals surface area contributed by atoms with Gasteiger partial charge in [0.05, 0.1) is 5.69 Å². The van der Waals surface area contributed by atoms with Crippen LogP contribution in [0.25, 0.3) is 11.4 Å². The van der Waals surface area contributed by atoms with Gasteiger partial charge in [0, 0.05) is 23.6 Å². The summed E-state index contributed by atoms with van der Waals surface area (Å²) in [6, 6.07) is 12.1. The summed E-state index contributed by atoms with van der Waals surface area (Å²) < 4.78 is 0. The van der Waals surface area contributed by atoms with Crippen molar-refractivity contribution in [2.45, 2.75) is 33.1 Å². The Labute approximate surface area is 115 Å². The summed E-state index contributed by atoms with van der Waals surface area (Å²) in [5.41, 5.74) is 2.11. The first-order valence-electron chi connectivity index (χ1n) is 6.69. The average Bonchev–Trinajstić information content (AvgIpc) is 2.39. The van der Waals surface area contributed by atoms with Gasteiger partial charge in [0.1, 0.15) is 5.82 Å². The maximum absolute atomic E-state index is 4.71.